The number of nitrogens with one attached hydrogen (secondary N) is 3. The zero-order valence-electron chi connectivity index (χ0n) is 24.1. The second-order valence-electron chi connectivity index (χ2n) is 10.4. The van der Waals surface area contributed by atoms with Crippen LogP contribution in [0.1, 0.15) is 29.8 Å². The Labute approximate surface area is 273 Å². The third-order valence-corrected chi connectivity index (χ3v) is 7.93. The van der Waals surface area contributed by atoms with E-state index in [1.54, 1.807) is 7.05 Å². The quantitative estimate of drug-likeness (QED) is 0.144. The van der Waals surface area contributed by atoms with E-state index in [2.05, 4.69) is 20.9 Å². The minimum Gasteiger partial charge on any atom is -0.487 e. The van der Waals surface area contributed by atoms with Gasteiger partial charge in [-0.05, 0) is 49.7 Å². The van der Waals surface area contributed by atoms with E-state index in [0.717, 1.165) is 19.9 Å². The number of carbonyl (C=O) groups excluding carboxylic acids is 2. The molecule has 0 radical (unpaired) electrons. The first-order valence-electron chi connectivity index (χ1n) is 13.2. The highest BCUT2D eigenvalue weighted by molar-refractivity contribution is 6.39. The Morgan fingerprint density at radius 2 is 1.72 bits per heavy atom. The standard InChI is InChI=1S/C29H24Cl3F6N5O3/c1-28(2,29(36,37)38)26(45)39-11-13-4-6-16(30)24(23(13)32)42-27-41-19-9-15(21(46-12-22(34)35)10-20(19)43(27)3)25(44)40-14-5-7-18(33)17(31)8-14/h4-10,22H,11-12H2,1-3H3,(H,39,45)(H,40,44)(H,41,42). The molecule has 246 valence electrons. The Bertz CT molecular complexity index is 1810. The summed E-state index contributed by atoms with van der Waals surface area (Å²) in [7, 11) is 1.56. The zero-order chi connectivity index (χ0) is 34.1. The number of hydrogen-bond donors (Lipinski definition) is 3. The molecule has 0 bridgehead atoms. The number of nitrogens with zero attached hydrogens (tertiary/aromatic N) is 2. The minimum atomic E-state index is -4.78. The van der Waals surface area contributed by atoms with Gasteiger partial charge in [0.15, 0.2) is 0 Å². The molecule has 2 amide bonds. The van der Waals surface area contributed by atoms with Crippen molar-refractivity contribution in [1.82, 2.24) is 14.9 Å². The Morgan fingerprint density at radius 1 is 1.02 bits per heavy atom. The summed E-state index contributed by atoms with van der Waals surface area (Å²) < 4.78 is 86.2. The van der Waals surface area contributed by atoms with Gasteiger partial charge >= 0.3 is 6.18 Å². The summed E-state index contributed by atoms with van der Waals surface area (Å²) in [6, 6.07) is 8.91. The van der Waals surface area contributed by atoms with Gasteiger partial charge in [-0.25, -0.2) is 18.2 Å². The average Bonchev–Trinajstić information content (AvgIpc) is 3.28. The summed E-state index contributed by atoms with van der Waals surface area (Å²) in [4.78, 5) is 29.9. The SMILES string of the molecule is Cn1c(Nc2c(Cl)ccc(CNC(=O)C(C)(C)C(F)(F)F)c2Cl)nc2cc(C(=O)Nc3ccc(F)c(Cl)c3)c(OCC(F)F)cc21. The number of hydrogen-bond acceptors (Lipinski definition) is 5. The number of imidazole rings is 1. The van der Waals surface area contributed by atoms with Crippen LogP contribution in [0, 0.1) is 11.2 Å². The maximum absolute atomic E-state index is 13.6. The highest BCUT2D eigenvalue weighted by Gasteiger charge is 2.52. The summed E-state index contributed by atoms with van der Waals surface area (Å²) in [5, 5.41) is 7.49. The van der Waals surface area contributed by atoms with Gasteiger partial charge in [-0.2, -0.15) is 13.2 Å². The number of carbonyl (C=O) groups is 2. The van der Waals surface area contributed by atoms with Crippen molar-refractivity contribution in [2.45, 2.75) is 33.0 Å². The molecule has 0 saturated carbocycles. The molecule has 4 aromatic rings. The lowest BCUT2D eigenvalue weighted by Gasteiger charge is -2.26. The number of alkyl halides is 5. The van der Waals surface area contributed by atoms with Crippen LogP contribution in [-0.4, -0.2) is 40.6 Å². The number of benzene rings is 3. The highest BCUT2D eigenvalue weighted by atomic mass is 35.5. The number of ether oxygens (including phenoxy) is 1. The van der Waals surface area contributed by atoms with E-state index in [1.807, 2.05) is 0 Å². The van der Waals surface area contributed by atoms with Crippen LogP contribution in [0.4, 0.5) is 43.7 Å². The summed E-state index contributed by atoms with van der Waals surface area (Å²) in [5.41, 5.74) is -1.82. The van der Waals surface area contributed by atoms with E-state index in [1.165, 1.54) is 41.0 Å². The van der Waals surface area contributed by atoms with Gasteiger partial charge < -0.3 is 25.3 Å². The van der Waals surface area contributed by atoms with Gasteiger partial charge in [0, 0.05) is 25.3 Å². The van der Waals surface area contributed by atoms with E-state index in [-0.39, 0.29) is 61.3 Å². The second kappa shape index (κ2) is 13.5. The number of amides is 2. The second-order valence-corrected chi connectivity index (χ2v) is 11.6. The first-order chi connectivity index (χ1) is 21.4. The molecule has 0 fully saturated rings. The third-order valence-electron chi connectivity index (χ3n) is 6.89. The summed E-state index contributed by atoms with van der Waals surface area (Å²) in [6.07, 6.45) is -7.64. The molecule has 0 saturated heterocycles. The molecule has 0 aliphatic carbocycles. The molecule has 3 aromatic carbocycles. The number of rotatable bonds is 10. The number of halogens is 9. The van der Waals surface area contributed by atoms with Crippen LogP contribution in [0.15, 0.2) is 42.5 Å². The van der Waals surface area contributed by atoms with Crippen molar-refractivity contribution in [3.63, 3.8) is 0 Å². The Kier molecular flexibility index (Phi) is 10.2. The number of anilines is 3. The van der Waals surface area contributed by atoms with Gasteiger partial charge in [-0.3, -0.25) is 9.59 Å². The molecule has 0 aliphatic heterocycles. The van der Waals surface area contributed by atoms with Gasteiger partial charge in [-0.15, -0.1) is 0 Å². The van der Waals surface area contributed by atoms with E-state index in [9.17, 15) is 35.9 Å². The molecule has 46 heavy (non-hydrogen) atoms. The van der Waals surface area contributed by atoms with Gasteiger partial charge in [0.25, 0.3) is 12.3 Å². The van der Waals surface area contributed by atoms with Crippen molar-refractivity contribution in [3.05, 3.63) is 74.5 Å². The largest absolute Gasteiger partial charge is 0.487 e. The van der Waals surface area contributed by atoms with Gasteiger partial charge in [-0.1, -0.05) is 40.9 Å². The van der Waals surface area contributed by atoms with Crippen LogP contribution in [0.25, 0.3) is 11.0 Å². The van der Waals surface area contributed by atoms with Crippen molar-refractivity contribution >= 4 is 75.0 Å². The Morgan fingerprint density at radius 3 is 2.35 bits per heavy atom. The van der Waals surface area contributed by atoms with Gasteiger partial charge in [0.2, 0.25) is 11.9 Å². The Balaban J connectivity index is 1.66. The smallest absolute Gasteiger partial charge is 0.402 e. The van der Waals surface area contributed by atoms with E-state index >= 15 is 0 Å². The molecule has 1 heterocycles. The zero-order valence-corrected chi connectivity index (χ0v) is 26.3. The normalized spacial score (nSPS) is 12.0. The first kappa shape index (κ1) is 35.0. The molecule has 0 unspecified atom stereocenters. The van der Waals surface area contributed by atoms with Crippen molar-refractivity contribution < 1.29 is 40.7 Å². The lowest BCUT2D eigenvalue weighted by atomic mass is 9.91. The fraction of sp³-hybridized carbons (Fsp3) is 0.276. The molecule has 1 aromatic heterocycles. The van der Waals surface area contributed by atoms with E-state index in [4.69, 9.17) is 39.5 Å². The summed E-state index contributed by atoms with van der Waals surface area (Å²) in [5.74, 6) is -2.85. The monoisotopic (exact) mass is 709 g/mol. The summed E-state index contributed by atoms with van der Waals surface area (Å²) >= 11 is 18.7. The highest BCUT2D eigenvalue weighted by Crippen LogP contribution is 2.39. The molecule has 4 rings (SSSR count). The first-order valence-corrected chi connectivity index (χ1v) is 14.3. The van der Waals surface area contributed by atoms with Crippen LogP contribution >= 0.6 is 34.8 Å². The van der Waals surface area contributed by atoms with Crippen LogP contribution in [0.3, 0.4) is 0 Å². The van der Waals surface area contributed by atoms with Crippen molar-refractivity contribution in [1.29, 1.82) is 0 Å². The third kappa shape index (κ3) is 7.39. The molecule has 0 atom stereocenters. The predicted molar refractivity (Wildman–Crippen MR) is 163 cm³/mol. The van der Waals surface area contributed by atoms with E-state index in [0.29, 0.717) is 5.52 Å². The van der Waals surface area contributed by atoms with Gasteiger partial charge in [0.05, 0.1) is 37.4 Å². The van der Waals surface area contributed by atoms with Gasteiger partial charge in [0.1, 0.15) is 23.6 Å². The number of fused-ring (bicyclic) bond motifs is 1. The van der Waals surface area contributed by atoms with Crippen molar-refractivity contribution in [3.8, 4) is 5.75 Å². The maximum Gasteiger partial charge on any atom is 0.402 e. The molecule has 8 nitrogen and oxygen atoms in total. The Hall–Kier alpha value is -3.88. The number of aryl methyl sites for hydroxylation is 1. The molecule has 17 heteroatoms. The predicted octanol–water partition coefficient (Wildman–Crippen LogP) is 8.52. The number of aromatic nitrogens is 2. The lowest BCUT2D eigenvalue weighted by Crippen LogP contribution is -2.46. The molecular weight excluding hydrogens is 687 g/mol. The van der Waals surface area contributed by atoms with Crippen molar-refractivity contribution in [2.75, 3.05) is 17.2 Å². The summed E-state index contributed by atoms with van der Waals surface area (Å²) in [6.45, 7) is 0.129. The van der Waals surface area contributed by atoms with Crippen LogP contribution in [0.5, 0.6) is 5.75 Å². The van der Waals surface area contributed by atoms with Crippen LogP contribution in [-0.2, 0) is 18.4 Å². The average molecular weight is 711 g/mol. The maximum atomic E-state index is 13.6. The van der Waals surface area contributed by atoms with Crippen LogP contribution < -0.4 is 20.7 Å². The van der Waals surface area contributed by atoms with Crippen molar-refractivity contribution in [2.24, 2.45) is 12.5 Å². The molecule has 0 aliphatic rings. The topological polar surface area (TPSA) is 97.3 Å². The molecular formula is C29H24Cl3F6N5O3. The lowest BCUT2D eigenvalue weighted by molar-refractivity contribution is -0.211. The fourth-order valence-corrected chi connectivity index (χ4v) is 4.75. The molecule has 3 N–H and O–H groups in total. The van der Waals surface area contributed by atoms with E-state index < -0.39 is 42.3 Å². The fourth-order valence-electron chi connectivity index (χ4n) is 4.04. The minimum absolute atomic E-state index is 0.0244. The van der Waals surface area contributed by atoms with Crippen LogP contribution in [0.2, 0.25) is 15.1 Å². The molecule has 0 spiro atoms.